The molecule has 4 heteroatoms. The summed E-state index contributed by atoms with van der Waals surface area (Å²) in [6.07, 6.45) is 1.25. The van der Waals surface area contributed by atoms with Crippen molar-refractivity contribution >= 4 is 5.97 Å². The van der Waals surface area contributed by atoms with Crippen LogP contribution in [0.15, 0.2) is 0 Å². The summed E-state index contributed by atoms with van der Waals surface area (Å²) in [5, 5.41) is 9.34. The third-order valence-corrected chi connectivity index (χ3v) is 2.61. The molecule has 0 spiro atoms. The van der Waals surface area contributed by atoms with Crippen LogP contribution < -0.4 is 0 Å². The fourth-order valence-corrected chi connectivity index (χ4v) is 1.97. The van der Waals surface area contributed by atoms with Crippen LogP contribution in [-0.2, 0) is 9.53 Å². The first kappa shape index (κ1) is 8.01. The van der Waals surface area contributed by atoms with E-state index in [9.17, 15) is 9.90 Å². The number of fused-ring (bicyclic) bond motifs is 3. The Labute approximate surface area is 71.1 Å². The largest absolute Gasteiger partial charge is 0.460 e. The molecule has 2 bridgehead atoms. The maximum Gasteiger partial charge on any atom is 0.323 e. The minimum absolute atomic E-state index is 0.0112. The average Bonchev–Trinajstić information content (AvgIpc) is 2.04. The van der Waals surface area contributed by atoms with E-state index >= 15 is 0 Å². The van der Waals surface area contributed by atoms with Crippen LogP contribution in [0.25, 0.3) is 0 Å². The number of hydrogen-bond acceptors (Lipinski definition) is 4. The number of aliphatic hydroxyl groups excluding tert-OH is 1. The third-order valence-electron chi connectivity index (χ3n) is 2.61. The van der Waals surface area contributed by atoms with Crippen LogP contribution >= 0.6 is 0 Å². The topological polar surface area (TPSA) is 49.8 Å². The quantitative estimate of drug-likeness (QED) is 0.551. The van der Waals surface area contributed by atoms with E-state index in [0.29, 0.717) is 6.54 Å². The fraction of sp³-hybridized carbons (Fsp3) is 0.875. The molecule has 0 aromatic rings. The van der Waals surface area contributed by atoms with Crippen molar-refractivity contribution < 1.29 is 14.6 Å². The Bertz CT molecular complexity index is 204. The van der Waals surface area contributed by atoms with Crippen molar-refractivity contribution in [3.05, 3.63) is 0 Å². The molecule has 4 nitrogen and oxygen atoms in total. The highest BCUT2D eigenvalue weighted by Gasteiger charge is 2.42. The summed E-state index contributed by atoms with van der Waals surface area (Å²) < 4.78 is 5.07. The first-order chi connectivity index (χ1) is 5.68. The van der Waals surface area contributed by atoms with Gasteiger partial charge in [-0.2, -0.15) is 0 Å². The van der Waals surface area contributed by atoms with E-state index in [1.54, 1.807) is 11.8 Å². The van der Waals surface area contributed by atoms with Gasteiger partial charge in [0.15, 0.2) is 0 Å². The molecule has 12 heavy (non-hydrogen) atoms. The molecule has 0 aromatic heterocycles. The smallest absolute Gasteiger partial charge is 0.323 e. The summed E-state index contributed by atoms with van der Waals surface area (Å²) in [5.41, 5.74) is 0. The lowest BCUT2D eigenvalue weighted by Crippen LogP contribution is -2.59. The molecule has 3 heterocycles. The molecule has 1 unspecified atom stereocenters. The number of hydrogen-bond donors (Lipinski definition) is 1. The summed E-state index contributed by atoms with van der Waals surface area (Å²) in [4.78, 5) is 13.0. The van der Waals surface area contributed by atoms with E-state index in [1.165, 1.54) is 0 Å². The van der Waals surface area contributed by atoms with Crippen LogP contribution in [0, 0.1) is 0 Å². The fourth-order valence-electron chi connectivity index (χ4n) is 1.97. The Hall–Kier alpha value is -0.610. The van der Waals surface area contributed by atoms with Crippen molar-refractivity contribution in [2.45, 2.75) is 38.1 Å². The number of rotatable bonds is 1. The van der Waals surface area contributed by atoms with Gasteiger partial charge in [-0.05, 0) is 19.8 Å². The summed E-state index contributed by atoms with van der Waals surface area (Å²) >= 11 is 0. The Kier molecular flexibility index (Phi) is 1.81. The minimum atomic E-state index is -0.536. The molecule has 3 aliphatic heterocycles. The maximum atomic E-state index is 11.2. The minimum Gasteiger partial charge on any atom is -0.460 e. The van der Waals surface area contributed by atoms with Crippen molar-refractivity contribution in [3.63, 3.8) is 0 Å². The first-order valence-corrected chi connectivity index (χ1v) is 4.33. The molecule has 3 fully saturated rings. The van der Waals surface area contributed by atoms with Crippen molar-refractivity contribution in [3.8, 4) is 0 Å². The number of esters is 1. The molecule has 3 aliphatic rings. The van der Waals surface area contributed by atoms with Gasteiger partial charge in [0.05, 0.1) is 0 Å². The highest BCUT2D eigenvalue weighted by Crippen LogP contribution is 2.28. The molecular formula is C8H13NO3. The normalized spacial score (nSPS) is 38.0. The Morgan fingerprint density at radius 1 is 1.67 bits per heavy atom. The number of morpholine rings is 1. The molecule has 3 saturated heterocycles. The van der Waals surface area contributed by atoms with Gasteiger partial charge in [-0.3, -0.25) is 9.69 Å². The second-order valence-electron chi connectivity index (χ2n) is 3.48. The van der Waals surface area contributed by atoms with E-state index in [-0.39, 0.29) is 18.1 Å². The van der Waals surface area contributed by atoms with Gasteiger partial charge in [0.2, 0.25) is 0 Å². The van der Waals surface area contributed by atoms with Gasteiger partial charge < -0.3 is 9.84 Å². The van der Waals surface area contributed by atoms with Crippen molar-refractivity contribution in [1.29, 1.82) is 0 Å². The van der Waals surface area contributed by atoms with Gasteiger partial charge in [-0.25, -0.2) is 0 Å². The summed E-state index contributed by atoms with van der Waals surface area (Å²) in [5.74, 6) is -0.168. The zero-order valence-corrected chi connectivity index (χ0v) is 7.06. The second-order valence-corrected chi connectivity index (χ2v) is 3.48. The third kappa shape index (κ3) is 1.11. The molecule has 3 atom stereocenters. The van der Waals surface area contributed by atoms with E-state index in [4.69, 9.17) is 4.74 Å². The number of carbonyl (C=O) groups excluding carboxylic acids is 1. The Balaban J connectivity index is 2.14. The average molecular weight is 171 g/mol. The molecular weight excluding hydrogens is 158 g/mol. The standard InChI is InChI=1S/C8H13NO3/c1-5(10)9-4-6-2-3-7(9)8(11)12-6/h5-7,10H,2-4H2,1H3/t5?,6-,7+/m1/s1. The molecule has 0 aromatic carbocycles. The number of carbonyl (C=O) groups is 1. The summed E-state index contributed by atoms with van der Waals surface area (Å²) in [6.45, 7) is 2.38. The van der Waals surface area contributed by atoms with Gasteiger partial charge >= 0.3 is 5.97 Å². The van der Waals surface area contributed by atoms with Gasteiger partial charge in [-0.15, -0.1) is 0 Å². The van der Waals surface area contributed by atoms with Crippen LogP contribution in [0.1, 0.15) is 19.8 Å². The van der Waals surface area contributed by atoms with Gasteiger partial charge in [0.25, 0.3) is 0 Å². The predicted octanol–water partition coefficient (Wildman–Crippen LogP) is -0.286. The zero-order chi connectivity index (χ0) is 8.72. The van der Waals surface area contributed by atoms with E-state index < -0.39 is 6.23 Å². The molecule has 0 amide bonds. The number of piperidine rings is 1. The van der Waals surface area contributed by atoms with Gasteiger partial charge in [0, 0.05) is 6.54 Å². The van der Waals surface area contributed by atoms with Gasteiger partial charge in [0.1, 0.15) is 18.4 Å². The van der Waals surface area contributed by atoms with E-state index in [0.717, 1.165) is 12.8 Å². The summed E-state index contributed by atoms with van der Waals surface area (Å²) in [6, 6.07) is -0.199. The molecule has 0 saturated carbocycles. The zero-order valence-electron chi connectivity index (χ0n) is 7.06. The number of nitrogens with zero attached hydrogens (tertiary/aromatic N) is 1. The number of ether oxygens (including phenoxy) is 1. The lowest BCUT2D eigenvalue weighted by Gasteiger charge is -2.44. The monoisotopic (exact) mass is 171 g/mol. The van der Waals surface area contributed by atoms with Crippen molar-refractivity contribution in [1.82, 2.24) is 4.90 Å². The molecule has 3 rings (SSSR count). The summed E-state index contributed by atoms with van der Waals surface area (Å²) in [7, 11) is 0. The molecule has 0 radical (unpaired) electrons. The number of aliphatic hydroxyl groups is 1. The second kappa shape index (κ2) is 2.71. The van der Waals surface area contributed by atoms with Crippen LogP contribution in [0.5, 0.6) is 0 Å². The van der Waals surface area contributed by atoms with Crippen LogP contribution in [-0.4, -0.2) is 40.9 Å². The van der Waals surface area contributed by atoms with Crippen LogP contribution in [0.3, 0.4) is 0 Å². The van der Waals surface area contributed by atoms with Crippen molar-refractivity contribution in [2.24, 2.45) is 0 Å². The Morgan fingerprint density at radius 3 is 2.83 bits per heavy atom. The highest BCUT2D eigenvalue weighted by atomic mass is 16.6. The highest BCUT2D eigenvalue weighted by molar-refractivity contribution is 5.77. The predicted molar refractivity (Wildman–Crippen MR) is 41.3 cm³/mol. The maximum absolute atomic E-state index is 11.2. The first-order valence-electron chi connectivity index (χ1n) is 4.33. The molecule has 0 aliphatic carbocycles. The lowest BCUT2D eigenvalue weighted by molar-refractivity contribution is -0.188. The molecule has 68 valence electrons. The van der Waals surface area contributed by atoms with Crippen LogP contribution in [0.2, 0.25) is 0 Å². The van der Waals surface area contributed by atoms with E-state index in [1.807, 2.05) is 0 Å². The lowest BCUT2D eigenvalue weighted by atomic mass is 9.96. The SMILES string of the molecule is CC(O)N1C[C@H]2CC[C@H]1C(=O)O2. The van der Waals surface area contributed by atoms with Gasteiger partial charge in [-0.1, -0.05) is 0 Å². The van der Waals surface area contributed by atoms with Crippen molar-refractivity contribution in [2.75, 3.05) is 6.54 Å². The molecule has 1 N–H and O–H groups in total. The van der Waals surface area contributed by atoms with E-state index in [2.05, 4.69) is 0 Å². The Morgan fingerprint density at radius 2 is 2.42 bits per heavy atom. The van der Waals surface area contributed by atoms with Crippen LogP contribution in [0.4, 0.5) is 0 Å².